The normalized spacial score (nSPS) is 21.6. The van der Waals surface area contributed by atoms with Crippen molar-refractivity contribution in [3.63, 3.8) is 0 Å². The van der Waals surface area contributed by atoms with E-state index in [9.17, 15) is 14.4 Å². The summed E-state index contributed by atoms with van der Waals surface area (Å²) >= 11 is 6.26. The van der Waals surface area contributed by atoms with Gasteiger partial charge in [0.1, 0.15) is 5.75 Å². The number of hydrogen-bond donors (Lipinski definition) is 0. The van der Waals surface area contributed by atoms with Gasteiger partial charge in [-0.25, -0.2) is 4.68 Å². The van der Waals surface area contributed by atoms with Crippen LogP contribution in [-0.2, 0) is 33.3 Å². The van der Waals surface area contributed by atoms with Crippen LogP contribution in [0.15, 0.2) is 24.3 Å². The van der Waals surface area contributed by atoms with Gasteiger partial charge in [0, 0.05) is 5.56 Å². The highest BCUT2D eigenvalue weighted by Gasteiger charge is 2.51. The monoisotopic (exact) mass is 593 g/mol. The first kappa shape index (κ1) is 32.3. The molecule has 0 radical (unpaired) electrons. The van der Waals surface area contributed by atoms with Crippen LogP contribution in [0.2, 0.25) is 5.28 Å². The van der Waals surface area contributed by atoms with Crippen molar-refractivity contribution in [2.75, 3.05) is 13.7 Å². The van der Waals surface area contributed by atoms with E-state index in [0.717, 1.165) is 0 Å². The lowest BCUT2D eigenvalue weighted by atomic mass is 9.94. The van der Waals surface area contributed by atoms with Crippen LogP contribution in [0.1, 0.15) is 68.5 Å². The fourth-order valence-corrected chi connectivity index (χ4v) is 3.82. The molecule has 4 atom stereocenters. The number of ether oxygens (including phenoxy) is 5. The molecule has 1 aliphatic rings. The first-order valence-electron chi connectivity index (χ1n) is 13.3. The molecule has 11 nitrogen and oxygen atoms in total. The fraction of sp³-hybridized carbons (Fsp3) is 0.621. The maximum absolute atomic E-state index is 13.2. The van der Waals surface area contributed by atoms with Gasteiger partial charge in [0.25, 0.3) is 0 Å². The van der Waals surface area contributed by atoms with Crippen molar-refractivity contribution < 1.29 is 38.1 Å². The molecule has 2 aromatic rings. The summed E-state index contributed by atoms with van der Waals surface area (Å²) in [6.45, 7) is 15.1. The van der Waals surface area contributed by atoms with Crippen molar-refractivity contribution in [2.45, 2.75) is 86.9 Å². The minimum Gasteiger partial charge on any atom is -0.497 e. The molecule has 41 heavy (non-hydrogen) atoms. The highest BCUT2D eigenvalue weighted by molar-refractivity contribution is 6.28. The average Bonchev–Trinajstić information content (AvgIpc) is 3.25. The smallest absolute Gasteiger partial charge is 0.311 e. The summed E-state index contributed by atoms with van der Waals surface area (Å²) in [4.78, 5) is 43.7. The molecule has 0 bridgehead atoms. The number of nitrogens with zero attached hydrogens (tertiary/aromatic N) is 3. The molecule has 0 N–H and O–H groups in total. The van der Waals surface area contributed by atoms with Gasteiger partial charge < -0.3 is 23.7 Å². The van der Waals surface area contributed by atoms with Gasteiger partial charge in [0.05, 0.1) is 30.0 Å². The number of esters is 3. The SMILES string of the molecule is COc1ccc(-c2nc(Cl)nn2[C@@H]2OC[C@@H](OC(=O)C(C)(C)C)[C@H](OC(=O)C(C)(C)C)[C@H]2OC(=O)C(C)(C)C)cc1. The number of benzene rings is 1. The molecule has 1 aromatic heterocycles. The van der Waals surface area contributed by atoms with E-state index in [1.165, 1.54) is 4.68 Å². The predicted molar refractivity (Wildman–Crippen MR) is 150 cm³/mol. The second-order valence-electron chi connectivity index (χ2n) is 13.0. The second kappa shape index (κ2) is 12.0. The molecule has 0 aliphatic carbocycles. The molecule has 3 rings (SSSR count). The van der Waals surface area contributed by atoms with E-state index in [0.29, 0.717) is 17.1 Å². The van der Waals surface area contributed by atoms with Crippen molar-refractivity contribution in [3.8, 4) is 17.1 Å². The van der Waals surface area contributed by atoms with E-state index in [2.05, 4.69) is 10.1 Å². The first-order valence-corrected chi connectivity index (χ1v) is 13.7. The minimum absolute atomic E-state index is 0.0789. The summed E-state index contributed by atoms with van der Waals surface area (Å²) in [6.07, 6.45) is -4.73. The van der Waals surface area contributed by atoms with Gasteiger partial charge in [0.15, 0.2) is 30.4 Å². The number of hydrogen-bond acceptors (Lipinski definition) is 10. The molecular weight excluding hydrogens is 554 g/mol. The van der Waals surface area contributed by atoms with Crippen LogP contribution in [0.4, 0.5) is 0 Å². The van der Waals surface area contributed by atoms with Crippen LogP contribution < -0.4 is 4.74 Å². The molecule has 1 saturated heterocycles. The van der Waals surface area contributed by atoms with Crippen LogP contribution >= 0.6 is 11.6 Å². The highest BCUT2D eigenvalue weighted by Crippen LogP contribution is 2.37. The number of methoxy groups -OCH3 is 1. The van der Waals surface area contributed by atoms with E-state index in [-0.39, 0.29) is 11.9 Å². The largest absolute Gasteiger partial charge is 0.497 e. The van der Waals surface area contributed by atoms with Crippen molar-refractivity contribution in [1.82, 2.24) is 14.8 Å². The molecule has 0 amide bonds. The van der Waals surface area contributed by atoms with Crippen LogP contribution in [-0.4, -0.2) is 64.7 Å². The van der Waals surface area contributed by atoms with Gasteiger partial charge in [-0.1, -0.05) is 0 Å². The molecule has 0 spiro atoms. The third-order valence-electron chi connectivity index (χ3n) is 6.18. The topological polar surface area (TPSA) is 128 Å². The summed E-state index contributed by atoms with van der Waals surface area (Å²) in [5.41, 5.74) is -2.06. The van der Waals surface area contributed by atoms with Gasteiger partial charge in [-0.15, -0.1) is 5.10 Å². The predicted octanol–water partition coefficient (Wildman–Crippen LogP) is 5.01. The third-order valence-corrected chi connectivity index (χ3v) is 6.34. The van der Waals surface area contributed by atoms with Crippen molar-refractivity contribution in [2.24, 2.45) is 16.2 Å². The van der Waals surface area contributed by atoms with E-state index in [4.69, 9.17) is 35.3 Å². The van der Waals surface area contributed by atoms with Crippen LogP contribution in [0.5, 0.6) is 5.75 Å². The summed E-state index contributed by atoms with van der Waals surface area (Å²) in [7, 11) is 1.56. The van der Waals surface area contributed by atoms with Crippen LogP contribution in [0.3, 0.4) is 0 Å². The quantitative estimate of drug-likeness (QED) is 0.333. The lowest BCUT2D eigenvalue weighted by Crippen LogP contribution is -2.57. The highest BCUT2D eigenvalue weighted by atomic mass is 35.5. The van der Waals surface area contributed by atoms with E-state index in [1.807, 2.05) is 0 Å². The lowest BCUT2D eigenvalue weighted by Gasteiger charge is -2.42. The molecule has 226 valence electrons. The Hall–Kier alpha value is -3.18. The second-order valence-corrected chi connectivity index (χ2v) is 13.4. The summed E-state index contributed by atoms with van der Waals surface area (Å²) < 4.78 is 30.5. The molecule has 0 unspecified atom stereocenters. The van der Waals surface area contributed by atoms with E-state index >= 15 is 0 Å². The standard InChI is InChI=1S/C29H40ClN3O8/c1-27(2,3)23(34)39-18-15-38-22(33-21(31-26(30)32-33)16-11-13-17(37-10)14-12-16)20(41-25(36)29(7,8)9)19(18)40-24(35)28(4,5)6/h11-14,18-20,22H,15H2,1-10H3/t18-,19+,20-,22-/m1/s1. The van der Waals surface area contributed by atoms with Crippen molar-refractivity contribution in [1.29, 1.82) is 0 Å². The zero-order valence-corrected chi connectivity index (χ0v) is 26.1. The molecular formula is C29H40ClN3O8. The number of halogens is 1. The minimum atomic E-state index is -1.28. The summed E-state index contributed by atoms with van der Waals surface area (Å²) in [6, 6.07) is 7.02. The third kappa shape index (κ3) is 7.77. The Balaban J connectivity index is 2.14. The fourth-order valence-electron chi connectivity index (χ4n) is 3.66. The molecule has 1 fully saturated rings. The molecule has 0 saturated carbocycles. The Kier molecular flexibility index (Phi) is 9.44. The average molecular weight is 594 g/mol. The molecule has 1 aliphatic heterocycles. The van der Waals surface area contributed by atoms with Crippen LogP contribution in [0, 0.1) is 16.2 Å². The number of aromatic nitrogens is 3. The van der Waals surface area contributed by atoms with Gasteiger partial charge in [-0.3, -0.25) is 14.4 Å². The Bertz CT molecular complexity index is 1250. The Morgan fingerprint density at radius 3 is 1.80 bits per heavy atom. The van der Waals surface area contributed by atoms with Gasteiger partial charge in [0.2, 0.25) is 5.28 Å². The Morgan fingerprint density at radius 1 is 0.829 bits per heavy atom. The van der Waals surface area contributed by atoms with E-state index in [1.54, 1.807) is 93.7 Å². The van der Waals surface area contributed by atoms with E-state index < -0.39 is 58.7 Å². The molecule has 12 heteroatoms. The number of rotatable bonds is 6. The van der Waals surface area contributed by atoms with Gasteiger partial charge in [-0.2, -0.15) is 4.98 Å². The Morgan fingerprint density at radius 2 is 1.32 bits per heavy atom. The van der Waals surface area contributed by atoms with Gasteiger partial charge in [-0.05, 0) is 98.2 Å². The van der Waals surface area contributed by atoms with Crippen molar-refractivity contribution in [3.05, 3.63) is 29.5 Å². The number of carbonyl (C=O) groups excluding carboxylic acids is 3. The summed E-state index contributed by atoms with van der Waals surface area (Å²) in [5.74, 6) is -0.762. The number of carbonyl (C=O) groups is 3. The summed E-state index contributed by atoms with van der Waals surface area (Å²) in [5, 5.41) is 4.26. The molecule has 1 aromatic carbocycles. The van der Waals surface area contributed by atoms with Gasteiger partial charge >= 0.3 is 17.9 Å². The molecule has 2 heterocycles. The van der Waals surface area contributed by atoms with Crippen molar-refractivity contribution >= 4 is 29.5 Å². The maximum Gasteiger partial charge on any atom is 0.311 e. The zero-order valence-electron chi connectivity index (χ0n) is 25.3. The maximum atomic E-state index is 13.2. The lowest BCUT2D eigenvalue weighted by molar-refractivity contribution is -0.249. The zero-order chi connectivity index (χ0) is 30.9. The van der Waals surface area contributed by atoms with Crippen LogP contribution in [0.25, 0.3) is 11.4 Å². The Labute approximate surface area is 245 Å². The first-order chi connectivity index (χ1) is 18.8.